The Hall–Kier alpha value is 0.0700. The average molecular weight is 260 g/mol. The molecular weight excluding hydrogens is 250 g/mol. The summed E-state index contributed by atoms with van der Waals surface area (Å²) in [6.45, 7) is 0. The Morgan fingerprint density at radius 2 is 1.43 bits per heavy atom. The summed E-state index contributed by atoms with van der Waals surface area (Å²) in [5, 5.41) is 0.530. The van der Waals surface area contributed by atoms with E-state index in [1.807, 2.05) is 0 Å². The van der Waals surface area contributed by atoms with Gasteiger partial charge in [0.25, 0.3) is 5.79 Å². The molecule has 0 aromatic carbocycles. The van der Waals surface area contributed by atoms with Crippen LogP contribution < -0.4 is 0 Å². The Bertz CT molecular complexity index is 305. The number of ether oxygens (including phenoxy) is 3. The minimum Gasteiger partial charge on any atom is -0.493 e. The van der Waals surface area contributed by atoms with E-state index >= 15 is 0 Å². The van der Waals surface area contributed by atoms with E-state index in [1.165, 1.54) is 21.3 Å². The molecule has 1 aliphatic rings. The molecule has 0 radical (unpaired) electrons. The van der Waals surface area contributed by atoms with E-state index in [-0.39, 0.29) is 20.9 Å². The zero-order chi connectivity index (χ0) is 10.9. The summed E-state index contributed by atoms with van der Waals surface area (Å²) < 4.78 is 15.3. The van der Waals surface area contributed by atoms with Crippen LogP contribution in [0.25, 0.3) is 0 Å². The molecule has 0 saturated carbocycles. The van der Waals surface area contributed by atoms with Crippen LogP contribution >= 0.6 is 34.8 Å². The second-order valence-corrected chi connectivity index (χ2v) is 3.63. The fourth-order valence-electron chi connectivity index (χ4n) is 1.26. The number of hydrogen-bond donors (Lipinski definition) is 0. The van der Waals surface area contributed by atoms with Crippen LogP contribution in [0.4, 0.5) is 0 Å². The first-order chi connectivity index (χ1) is 6.55. The van der Waals surface area contributed by atoms with Gasteiger partial charge in [-0.25, -0.2) is 0 Å². The normalized spacial score (nSPS) is 20.7. The molecule has 0 atom stereocenters. The quantitative estimate of drug-likeness (QED) is 0.730. The highest BCUT2D eigenvalue weighted by Gasteiger charge is 2.49. The predicted octanol–water partition coefficient (Wildman–Crippen LogP) is 2.78. The Morgan fingerprint density at radius 3 is 1.71 bits per heavy atom. The molecule has 1 rings (SSSR count). The van der Waals surface area contributed by atoms with Gasteiger partial charge in [0.05, 0.1) is 12.1 Å². The standard InChI is InChI=1S/C8H9Cl3O3/c1-12-7-5(10)4(9)6(11)8(7,13-2)14-3/h1-3H3. The molecule has 0 aromatic rings. The van der Waals surface area contributed by atoms with Gasteiger partial charge in [0.15, 0.2) is 5.76 Å². The van der Waals surface area contributed by atoms with Crippen LogP contribution in [-0.2, 0) is 14.2 Å². The molecule has 0 heterocycles. The molecule has 0 spiro atoms. The van der Waals surface area contributed by atoms with Gasteiger partial charge in [-0.2, -0.15) is 0 Å². The lowest BCUT2D eigenvalue weighted by Crippen LogP contribution is -2.35. The lowest BCUT2D eigenvalue weighted by Gasteiger charge is -2.28. The van der Waals surface area contributed by atoms with Gasteiger partial charge < -0.3 is 14.2 Å². The first kappa shape index (κ1) is 12.1. The van der Waals surface area contributed by atoms with Gasteiger partial charge in [0.1, 0.15) is 10.1 Å². The first-order valence-electron chi connectivity index (χ1n) is 3.65. The van der Waals surface area contributed by atoms with Gasteiger partial charge >= 0.3 is 0 Å². The second kappa shape index (κ2) is 4.29. The van der Waals surface area contributed by atoms with Gasteiger partial charge in [0, 0.05) is 14.2 Å². The maximum absolute atomic E-state index is 5.95. The molecule has 0 aliphatic heterocycles. The van der Waals surface area contributed by atoms with Gasteiger partial charge in [0.2, 0.25) is 0 Å². The minimum absolute atomic E-state index is 0.158. The van der Waals surface area contributed by atoms with Crippen LogP contribution in [0.1, 0.15) is 0 Å². The molecule has 0 unspecified atom stereocenters. The molecule has 0 amide bonds. The molecule has 3 nitrogen and oxygen atoms in total. The minimum atomic E-state index is -1.32. The van der Waals surface area contributed by atoms with E-state index in [4.69, 9.17) is 49.0 Å². The fourth-order valence-corrected chi connectivity index (χ4v) is 2.15. The smallest absolute Gasteiger partial charge is 0.268 e. The van der Waals surface area contributed by atoms with Crippen molar-refractivity contribution in [3.05, 3.63) is 20.9 Å². The predicted molar refractivity (Wildman–Crippen MR) is 55.4 cm³/mol. The van der Waals surface area contributed by atoms with Gasteiger partial charge in [-0.15, -0.1) is 0 Å². The number of halogens is 3. The summed E-state index contributed by atoms with van der Waals surface area (Å²) >= 11 is 17.7. The SMILES string of the molecule is COC1=C(Cl)C(Cl)=C(Cl)C1(OC)OC. The summed E-state index contributed by atoms with van der Waals surface area (Å²) in [6, 6.07) is 0. The Labute approximate surface area is 97.2 Å². The fraction of sp³-hybridized carbons (Fsp3) is 0.500. The molecule has 6 heteroatoms. The summed E-state index contributed by atoms with van der Waals surface area (Å²) in [6.07, 6.45) is 0. The van der Waals surface area contributed by atoms with E-state index in [9.17, 15) is 0 Å². The molecule has 80 valence electrons. The van der Waals surface area contributed by atoms with E-state index in [1.54, 1.807) is 0 Å². The number of hydrogen-bond acceptors (Lipinski definition) is 3. The Kier molecular flexibility index (Phi) is 3.72. The van der Waals surface area contributed by atoms with E-state index < -0.39 is 5.79 Å². The van der Waals surface area contributed by atoms with E-state index in [0.717, 1.165) is 0 Å². The summed E-state index contributed by atoms with van der Waals surface area (Å²) in [5.74, 6) is -1.07. The molecule has 0 saturated heterocycles. The van der Waals surface area contributed by atoms with Gasteiger partial charge in [-0.1, -0.05) is 34.8 Å². The van der Waals surface area contributed by atoms with E-state index in [0.29, 0.717) is 0 Å². The lowest BCUT2D eigenvalue weighted by molar-refractivity contribution is -0.166. The monoisotopic (exact) mass is 258 g/mol. The maximum atomic E-state index is 5.95. The van der Waals surface area contributed by atoms with Crippen LogP contribution in [0.3, 0.4) is 0 Å². The molecule has 0 N–H and O–H groups in total. The average Bonchev–Trinajstić information content (AvgIpc) is 2.39. The highest BCUT2D eigenvalue weighted by molar-refractivity contribution is 6.49. The Balaban J connectivity index is 3.31. The van der Waals surface area contributed by atoms with Crippen molar-refractivity contribution in [3.8, 4) is 0 Å². The summed E-state index contributed by atoms with van der Waals surface area (Å²) in [7, 11) is 4.28. The van der Waals surface area contributed by atoms with Crippen LogP contribution in [0.2, 0.25) is 0 Å². The third-order valence-electron chi connectivity index (χ3n) is 1.95. The van der Waals surface area contributed by atoms with Crippen LogP contribution in [-0.4, -0.2) is 27.1 Å². The topological polar surface area (TPSA) is 27.7 Å². The van der Waals surface area contributed by atoms with Gasteiger partial charge in [-0.05, 0) is 0 Å². The van der Waals surface area contributed by atoms with Crippen molar-refractivity contribution < 1.29 is 14.2 Å². The Morgan fingerprint density at radius 1 is 0.929 bits per heavy atom. The van der Waals surface area contributed by atoms with Crippen molar-refractivity contribution in [2.75, 3.05) is 21.3 Å². The largest absolute Gasteiger partial charge is 0.493 e. The van der Waals surface area contributed by atoms with Crippen molar-refractivity contribution in [1.29, 1.82) is 0 Å². The van der Waals surface area contributed by atoms with E-state index in [2.05, 4.69) is 0 Å². The van der Waals surface area contributed by atoms with Crippen molar-refractivity contribution in [2.45, 2.75) is 5.79 Å². The lowest BCUT2D eigenvalue weighted by atomic mass is 10.3. The van der Waals surface area contributed by atoms with Crippen molar-refractivity contribution in [1.82, 2.24) is 0 Å². The second-order valence-electron chi connectivity index (χ2n) is 2.50. The zero-order valence-corrected chi connectivity index (χ0v) is 10.1. The van der Waals surface area contributed by atoms with Crippen molar-refractivity contribution in [2.24, 2.45) is 0 Å². The van der Waals surface area contributed by atoms with Crippen LogP contribution in [0.15, 0.2) is 20.9 Å². The maximum Gasteiger partial charge on any atom is 0.268 e. The van der Waals surface area contributed by atoms with Crippen LogP contribution in [0.5, 0.6) is 0 Å². The molecule has 0 aromatic heterocycles. The number of allylic oxidation sites excluding steroid dienone is 2. The molecule has 0 bridgehead atoms. The van der Waals surface area contributed by atoms with Gasteiger partial charge in [-0.3, -0.25) is 0 Å². The summed E-state index contributed by atoms with van der Waals surface area (Å²) in [5.41, 5.74) is 0. The number of methoxy groups -OCH3 is 3. The first-order valence-corrected chi connectivity index (χ1v) is 4.79. The van der Waals surface area contributed by atoms with Crippen molar-refractivity contribution in [3.63, 3.8) is 0 Å². The third kappa shape index (κ3) is 1.44. The molecule has 0 fully saturated rings. The molecular formula is C8H9Cl3O3. The molecule has 14 heavy (non-hydrogen) atoms. The molecule has 1 aliphatic carbocycles. The van der Waals surface area contributed by atoms with Crippen LogP contribution in [0, 0.1) is 0 Å². The van der Waals surface area contributed by atoms with Crippen molar-refractivity contribution >= 4 is 34.8 Å². The highest BCUT2D eigenvalue weighted by Crippen LogP contribution is 2.48. The zero-order valence-electron chi connectivity index (χ0n) is 7.86. The number of rotatable bonds is 3. The summed E-state index contributed by atoms with van der Waals surface area (Å²) in [4.78, 5) is 0. The third-order valence-corrected chi connectivity index (χ3v) is 3.32. The highest BCUT2D eigenvalue weighted by atomic mass is 35.5.